The van der Waals surface area contributed by atoms with E-state index in [2.05, 4.69) is 183 Å². The lowest BCUT2D eigenvalue weighted by molar-refractivity contribution is 0.866. The zero-order valence-electron chi connectivity index (χ0n) is 25.2. The molecule has 5 rings (SSSR count). The molecule has 0 aliphatic heterocycles. The fourth-order valence-electron chi connectivity index (χ4n) is 5.06. The van der Waals surface area contributed by atoms with Crippen molar-refractivity contribution in [1.29, 1.82) is 0 Å². The SMILES string of the molecule is CCN(CC)c1ccc(C=Cc2ccc(C=Cc3ccc(N(c4ccc(C)cc4)c4ccc(C)cc4)cc3)cc2)cc1. The lowest BCUT2D eigenvalue weighted by Crippen LogP contribution is -2.21. The largest absolute Gasteiger partial charge is 0.372 e. The number of hydrogen-bond donors (Lipinski definition) is 0. The molecule has 0 N–H and O–H groups in total. The molecular weight excluding hydrogens is 508 g/mol. The normalized spacial score (nSPS) is 11.3. The average molecular weight is 549 g/mol. The van der Waals surface area contributed by atoms with Gasteiger partial charge < -0.3 is 9.80 Å². The monoisotopic (exact) mass is 548 g/mol. The van der Waals surface area contributed by atoms with E-state index in [1.807, 2.05) is 0 Å². The van der Waals surface area contributed by atoms with Crippen LogP contribution in [-0.2, 0) is 0 Å². The molecule has 0 fully saturated rings. The predicted molar refractivity (Wildman–Crippen MR) is 185 cm³/mol. The van der Waals surface area contributed by atoms with Crippen LogP contribution in [-0.4, -0.2) is 13.1 Å². The minimum absolute atomic E-state index is 1.03. The van der Waals surface area contributed by atoms with Gasteiger partial charge in [-0.1, -0.05) is 108 Å². The molecule has 5 aromatic carbocycles. The highest BCUT2D eigenvalue weighted by molar-refractivity contribution is 5.78. The van der Waals surface area contributed by atoms with E-state index in [1.165, 1.54) is 39.1 Å². The zero-order chi connectivity index (χ0) is 29.3. The summed E-state index contributed by atoms with van der Waals surface area (Å²) < 4.78 is 0. The minimum atomic E-state index is 1.03. The van der Waals surface area contributed by atoms with Crippen molar-refractivity contribution in [1.82, 2.24) is 0 Å². The van der Waals surface area contributed by atoms with Crippen LogP contribution < -0.4 is 9.80 Å². The topological polar surface area (TPSA) is 6.48 Å². The van der Waals surface area contributed by atoms with Crippen LogP contribution >= 0.6 is 0 Å². The molecule has 0 saturated carbocycles. The van der Waals surface area contributed by atoms with Crippen LogP contribution in [0.2, 0.25) is 0 Å². The Morgan fingerprint density at radius 1 is 0.381 bits per heavy atom. The number of anilines is 4. The smallest absolute Gasteiger partial charge is 0.0462 e. The van der Waals surface area contributed by atoms with E-state index in [0.717, 1.165) is 30.2 Å². The van der Waals surface area contributed by atoms with Crippen LogP contribution in [0.3, 0.4) is 0 Å². The van der Waals surface area contributed by atoms with E-state index in [-0.39, 0.29) is 0 Å². The summed E-state index contributed by atoms with van der Waals surface area (Å²) in [6.45, 7) is 10.7. The molecule has 0 aromatic heterocycles. The summed E-state index contributed by atoms with van der Waals surface area (Å²) >= 11 is 0. The van der Waals surface area contributed by atoms with Crippen LogP contribution in [0.1, 0.15) is 47.2 Å². The van der Waals surface area contributed by atoms with E-state index in [0.29, 0.717) is 0 Å². The Hall–Kier alpha value is -4.82. The molecule has 0 unspecified atom stereocenters. The van der Waals surface area contributed by atoms with E-state index in [1.54, 1.807) is 0 Å². The molecule has 0 atom stereocenters. The molecule has 0 heterocycles. The van der Waals surface area contributed by atoms with Crippen molar-refractivity contribution in [2.75, 3.05) is 22.9 Å². The first-order valence-electron chi connectivity index (χ1n) is 14.9. The first-order chi connectivity index (χ1) is 20.5. The maximum absolute atomic E-state index is 2.36. The summed E-state index contributed by atoms with van der Waals surface area (Å²) in [4.78, 5) is 4.66. The van der Waals surface area contributed by atoms with Crippen molar-refractivity contribution in [2.24, 2.45) is 0 Å². The van der Waals surface area contributed by atoms with Gasteiger partial charge >= 0.3 is 0 Å². The third-order valence-electron chi connectivity index (χ3n) is 7.63. The molecule has 5 aromatic rings. The van der Waals surface area contributed by atoms with E-state index in [4.69, 9.17) is 0 Å². The molecule has 0 bridgehead atoms. The Morgan fingerprint density at radius 3 is 0.952 bits per heavy atom. The fourth-order valence-corrected chi connectivity index (χ4v) is 5.06. The zero-order valence-corrected chi connectivity index (χ0v) is 25.2. The van der Waals surface area contributed by atoms with Gasteiger partial charge in [-0.25, -0.2) is 0 Å². The van der Waals surface area contributed by atoms with Gasteiger partial charge in [0.2, 0.25) is 0 Å². The lowest BCUT2D eigenvalue weighted by Gasteiger charge is -2.25. The van der Waals surface area contributed by atoms with Crippen LogP contribution in [0, 0.1) is 13.8 Å². The summed E-state index contributed by atoms with van der Waals surface area (Å²) in [6, 6.07) is 43.6. The van der Waals surface area contributed by atoms with Crippen LogP contribution in [0.4, 0.5) is 22.7 Å². The molecule has 0 amide bonds. The number of rotatable bonds is 10. The van der Waals surface area contributed by atoms with Crippen molar-refractivity contribution < 1.29 is 0 Å². The molecule has 210 valence electrons. The summed E-state index contributed by atoms with van der Waals surface area (Å²) in [5, 5.41) is 0. The summed E-state index contributed by atoms with van der Waals surface area (Å²) in [5.74, 6) is 0. The highest BCUT2D eigenvalue weighted by Gasteiger charge is 2.12. The van der Waals surface area contributed by atoms with Gasteiger partial charge in [-0.2, -0.15) is 0 Å². The Bertz CT molecular complexity index is 1560. The maximum Gasteiger partial charge on any atom is 0.0462 e. The molecule has 0 spiro atoms. The van der Waals surface area contributed by atoms with Gasteiger partial charge in [0.05, 0.1) is 0 Å². The van der Waals surface area contributed by atoms with Gasteiger partial charge in [0.15, 0.2) is 0 Å². The molecule has 0 aliphatic carbocycles. The van der Waals surface area contributed by atoms with Gasteiger partial charge in [0.25, 0.3) is 0 Å². The van der Waals surface area contributed by atoms with Crippen molar-refractivity contribution in [2.45, 2.75) is 27.7 Å². The van der Waals surface area contributed by atoms with E-state index in [9.17, 15) is 0 Å². The van der Waals surface area contributed by atoms with Crippen LogP contribution in [0.5, 0.6) is 0 Å². The van der Waals surface area contributed by atoms with Crippen LogP contribution in [0.25, 0.3) is 24.3 Å². The second-order valence-corrected chi connectivity index (χ2v) is 10.7. The number of aryl methyl sites for hydroxylation is 2. The van der Waals surface area contributed by atoms with Gasteiger partial charge in [-0.15, -0.1) is 0 Å². The molecular formula is C40H40N2. The average Bonchev–Trinajstić information content (AvgIpc) is 3.03. The third-order valence-corrected chi connectivity index (χ3v) is 7.63. The number of nitrogens with zero attached hydrogens (tertiary/aromatic N) is 2. The Balaban J connectivity index is 1.26. The van der Waals surface area contributed by atoms with Crippen LogP contribution in [0.15, 0.2) is 121 Å². The highest BCUT2D eigenvalue weighted by Crippen LogP contribution is 2.35. The molecule has 42 heavy (non-hydrogen) atoms. The molecule has 2 nitrogen and oxygen atoms in total. The minimum Gasteiger partial charge on any atom is -0.372 e. The first-order valence-corrected chi connectivity index (χ1v) is 14.9. The van der Waals surface area contributed by atoms with Crippen molar-refractivity contribution in [3.8, 4) is 0 Å². The standard InChI is InChI=1S/C40H40N2/c1-5-41(6-2)37-27-19-35(20-28-37)17-15-33-11-13-34(14-12-33)16-18-36-21-29-40(30-22-36)42(38-23-7-31(3)8-24-38)39-25-9-32(4)10-26-39/h7-30H,5-6H2,1-4H3. The van der Waals surface area contributed by atoms with Gasteiger partial charge in [0, 0.05) is 35.8 Å². The molecule has 2 heteroatoms. The third kappa shape index (κ3) is 7.27. The van der Waals surface area contributed by atoms with Crippen molar-refractivity contribution in [3.63, 3.8) is 0 Å². The molecule has 0 radical (unpaired) electrons. The number of benzene rings is 5. The van der Waals surface area contributed by atoms with E-state index < -0.39 is 0 Å². The van der Waals surface area contributed by atoms with Gasteiger partial charge in [-0.05, 0) is 98.5 Å². The highest BCUT2D eigenvalue weighted by atomic mass is 15.1. The quantitative estimate of drug-likeness (QED) is 0.160. The lowest BCUT2D eigenvalue weighted by atomic mass is 10.1. The predicted octanol–water partition coefficient (Wildman–Crippen LogP) is 11.0. The summed E-state index contributed by atoms with van der Waals surface area (Å²) in [7, 11) is 0. The molecule has 0 saturated heterocycles. The number of hydrogen-bond acceptors (Lipinski definition) is 2. The fraction of sp³-hybridized carbons (Fsp3) is 0.150. The van der Waals surface area contributed by atoms with Crippen molar-refractivity contribution >= 4 is 47.1 Å². The maximum atomic E-state index is 2.36. The summed E-state index contributed by atoms with van der Waals surface area (Å²) in [6.07, 6.45) is 8.70. The van der Waals surface area contributed by atoms with Crippen molar-refractivity contribution in [3.05, 3.63) is 155 Å². The Morgan fingerprint density at radius 2 is 0.643 bits per heavy atom. The summed E-state index contributed by atoms with van der Waals surface area (Å²) in [5.41, 5.74) is 12.0. The second kappa shape index (κ2) is 13.7. The second-order valence-electron chi connectivity index (χ2n) is 10.7. The molecule has 0 aliphatic rings. The van der Waals surface area contributed by atoms with Gasteiger partial charge in [0.1, 0.15) is 0 Å². The first kappa shape index (κ1) is 28.7. The Kier molecular flexibility index (Phi) is 9.36. The van der Waals surface area contributed by atoms with E-state index >= 15 is 0 Å². The van der Waals surface area contributed by atoms with Gasteiger partial charge in [-0.3, -0.25) is 0 Å². The Labute approximate surface area is 251 Å².